The van der Waals surface area contributed by atoms with Gasteiger partial charge in [-0.05, 0) is 43.0 Å². The Kier molecular flexibility index (Phi) is 4.55. The van der Waals surface area contributed by atoms with Crippen molar-refractivity contribution in [3.05, 3.63) is 34.8 Å². The Bertz CT molecular complexity index is 797. The SMILES string of the molecule is CCc1[nH]c2c(CNC(=O)C[C@@H]3CCC(=O)N3)cc(F)cc2c1C. The van der Waals surface area contributed by atoms with Gasteiger partial charge < -0.3 is 15.6 Å². The van der Waals surface area contributed by atoms with Gasteiger partial charge in [-0.15, -0.1) is 0 Å². The van der Waals surface area contributed by atoms with Gasteiger partial charge in [-0.25, -0.2) is 4.39 Å². The summed E-state index contributed by atoms with van der Waals surface area (Å²) in [6.07, 6.45) is 2.26. The van der Waals surface area contributed by atoms with Crippen molar-refractivity contribution in [2.75, 3.05) is 0 Å². The highest BCUT2D eigenvalue weighted by molar-refractivity contribution is 5.88. The number of benzene rings is 1. The Morgan fingerprint density at radius 2 is 2.21 bits per heavy atom. The van der Waals surface area contributed by atoms with Crippen LogP contribution in [0, 0.1) is 12.7 Å². The maximum atomic E-state index is 13.9. The van der Waals surface area contributed by atoms with E-state index in [1.807, 2.05) is 13.8 Å². The third-order valence-corrected chi connectivity index (χ3v) is 4.66. The van der Waals surface area contributed by atoms with E-state index < -0.39 is 0 Å². The molecule has 0 spiro atoms. The molecular formula is C18H22FN3O2. The van der Waals surface area contributed by atoms with E-state index in [9.17, 15) is 14.0 Å². The fourth-order valence-electron chi connectivity index (χ4n) is 3.33. The predicted molar refractivity (Wildman–Crippen MR) is 90.0 cm³/mol. The highest BCUT2D eigenvalue weighted by Gasteiger charge is 2.23. The van der Waals surface area contributed by atoms with E-state index in [1.165, 1.54) is 12.1 Å². The van der Waals surface area contributed by atoms with Gasteiger partial charge in [0.05, 0.1) is 5.52 Å². The summed E-state index contributed by atoms with van der Waals surface area (Å²) in [4.78, 5) is 26.6. The molecule has 1 aliphatic heterocycles. The lowest BCUT2D eigenvalue weighted by atomic mass is 10.1. The summed E-state index contributed by atoms with van der Waals surface area (Å²) in [5, 5.41) is 6.46. The molecule has 1 fully saturated rings. The molecular weight excluding hydrogens is 309 g/mol. The van der Waals surface area contributed by atoms with Crippen LogP contribution in [0.25, 0.3) is 10.9 Å². The van der Waals surface area contributed by atoms with Crippen LogP contribution in [-0.2, 0) is 22.6 Å². The molecule has 1 saturated heterocycles. The number of amides is 2. The maximum Gasteiger partial charge on any atom is 0.222 e. The molecule has 24 heavy (non-hydrogen) atoms. The van der Waals surface area contributed by atoms with Crippen molar-refractivity contribution >= 4 is 22.7 Å². The molecule has 3 N–H and O–H groups in total. The molecule has 2 amide bonds. The van der Waals surface area contributed by atoms with Crippen LogP contribution in [0.15, 0.2) is 12.1 Å². The van der Waals surface area contributed by atoms with E-state index in [0.717, 1.165) is 34.1 Å². The summed E-state index contributed by atoms with van der Waals surface area (Å²) in [6, 6.07) is 2.89. The van der Waals surface area contributed by atoms with E-state index in [-0.39, 0.29) is 36.6 Å². The zero-order chi connectivity index (χ0) is 17.3. The number of fused-ring (bicyclic) bond motifs is 1. The van der Waals surface area contributed by atoms with E-state index in [1.54, 1.807) is 0 Å². The van der Waals surface area contributed by atoms with Gasteiger partial charge >= 0.3 is 0 Å². The van der Waals surface area contributed by atoms with Gasteiger partial charge in [0, 0.05) is 36.5 Å². The minimum Gasteiger partial charge on any atom is -0.358 e. The van der Waals surface area contributed by atoms with Crippen molar-refractivity contribution in [2.24, 2.45) is 0 Å². The van der Waals surface area contributed by atoms with Gasteiger partial charge in [0.15, 0.2) is 0 Å². The van der Waals surface area contributed by atoms with Crippen molar-refractivity contribution < 1.29 is 14.0 Å². The Labute approximate surface area is 140 Å². The first-order valence-electron chi connectivity index (χ1n) is 8.33. The summed E-state index contributed by atoms with van der Waals surface area (Å²) < 4.78 is 13.9. The third-order valence-electron chi connectivity index (χ3n) is 4.66. The first-order chi connectivity index (χ1) is 11.5. The van der Waals surface area contributed by atoms with Crippen molar-refractivity contribution in [1.82, 2.24) is 15.6 Å². The lowest BCUT2D eigenvalue weighted by Crippen LogP contribution is -2.33. The first-order valence-corrected chi connectivity index (χ1v) is 8.33. The summed E-state index contributed by atoms with van der Waals surface area (Å²) in [5.41, 5.74) is 3.74. The number of aromatic amines is 1. The van der Waals surface area contributed by atoms with Crippen LogP contribution in [-0.4, -0.2) is 22.8 Å². The average Bonchev–Trinajstić information content (AvgIpc) is 3.09. The standard InChI is InChI=1S/C18H22FN3O2/c1-3-15-10(2)14-7-12(19)6-11(18(14)22-15)9-20-17(24)8-13-4-5-16(23)21-13/h6-7,13,22H,3-5,8-9H2,1-2H3,(H,20,24)(H,21,23)/t13-/m0/s1. The van der Waals surface area contributed by atoms with E-state index in [2.05, 4.69) is 15.6 Å². The minimum atomic E-state index is -0.306. The lowest BCUT2D eigenvalue weighted by Gasteiger charge is -2.11. The Morgan fingerprint density at radius 1 is 1.42 bits per heavy atom. The Balaban J connectivity index is 1.72. The number of carbonyl (C=O) groups excluding carboxylic acids is 2. The molecule has 1 atom stereocenters. The molecule has 0 aliphatic carbocycles. The average molecular weight is 331 g/mol. The molecule has 1 aromatic carbocycles. The molecule has 6 heteroatoms. The van der Waals surface area contributed by atoms with Crippen LogP contribution in [0.5, 0.6) is 0 Å². The normalized spacial score (nSPS) is 17.3. The topological polar surface area (TPSA) is 74.0 Å². The van der Waals surface area contributed by atoms with Crippen LogP contribution < -0.4 is 10.6 Å². The molecule has 0 unspecified atom stereocenters. The van der Waals surface area contributed by atoms with Crippen LogP contribution in [0.4, 0.5) is 4.39 Å². The monoisotopic (exact) mass is 331 g/mol. The van der Waals surface area contributed by atoms with Gasteiger partial charge in [-0.2, -0.15) is 0 Å². The number of hydrogen-bond donors (Lipinski definition) is 3. The van der Waals surface area contributed by atoms with Crippen LogP contribution in [0.1, 0.15) is 43.0 Å². The zero-order valence-corrected chi connectivity index (χ0v) is 14.0. The van der Waals surface area contributed by atoms with Crippen molar-refractivity contribution in [2.45, 2.75) is 52.1 Å². The number of aromatic nitrogens is 1. The number of H-pyrrole nitrogens is 1. The fraction of sp³-hybridized carbons (Fsp3) is 0.444. The molecule has 0 radical (unpaired) electrons. The number of hydrogen-bond acceptors (Lipinski definition) is 2. The van der Waals surface area contributed by atoms with Gasteiger partial charge in [0.2, 0.25) is 11.8 Å². The second-order valence-electron chi connectivity index (χ2n) is 6.35. The van der Waals surface area contributed by atoms with Gasteiger partial charge in [0.1, 0.15) is 5.82 Å². The number of nitrogens with one attached hydrogen (secondary N) is 3. The third kappa shape index (κ3) is 3.27. The molecule has 1 aliphatic rings. The molecule has 128 valence electrons. The number of halogens is 1. The van der Waals surface area contributed by atoms with Crippen molar-refractivity contribution in [3.8, 4) is 0 Å². The highest BCUT2D eigenvalue weighted by Crippen LogP contribution is 2.26. The molecule has 2 heterocycles. The quantitative estimate of drug-likeness (QED) is 0.787. The second kappa shape index (κ2) is 6.63. The second-order valence-corrected chi connectivity index (χ2v) is 6.35. The van der Waals surface area contributed by atoms with Crippen LogP contribution in [0.3, 0.4) is 0 Å². The van der Waals surface area contributed by atoms with E-state index in [0.29, 0.717) is 12.8 Å². The molecule has 5 nitrogen and oxygen atoms in total. The van der Waals surface area contributed by atoms with Crippen molar-refractivity contribution in [3.63, 3.8) is 0 Å². The molecule has 3 rings (SSSR count). The highest BCUT2D eigenvalue weighted by atomic mass is 19.1. The Hall–Kier alpha value is -2.37. The van der Waals surface area contributed by atoms with Crippen LogP contribution >= 0.6 is 0 Å². The Morgan fingerprint density at radius 3 is 2.88 bits per heavy atom. The van der Waals surface area contributed by atoms with Gasteiger partial charge in [-0.1, -0.05) is 6.92 Å². The van der Waals surface area contributed by atoms with Gasteiger partial charge in [-0.3, -0.25) is 9.59 Å². The smallest absolute Gasteiger partial charge is 0.222 e. The zero-order valence-electron chi connectivity index (χ0n) is 14.0. The fourth-order valence-corrected chi connectivity index (χ4v) is 3.33. The number of rotatable bonds is 5. The van der Waals surface area contributed by atoms with E-state index in [4.69, 9.17) is 0 Å². The minimum absolute atomic E-state index is 0.00593. The molecule has 2 aromatic rings. The van der Waals surface area contributed by atoms with Crippen molar-refractivity contribution in [1.29, 1.82) is 0 Å². The number of aryl methyl sites for hydroxylation is 2. The largest absolute Gasteiger partial charge is 0.358 e. The number of carbonyl (C=O) groups is 2. The first kappa shape index (κ1) is 16.5. The lowest BCUT2D eigenvalue weighted by molar-refractivity contribution is -0.121. The molecule has 0 saturated carbocycles. The summed E-state index contributed by atoms with van der Waals surface area (Å²) in [5.74, 6) is -0.452. The van der Waals surface area contributed by atoms with Crippen LogP contribution in [0.2, 0.25) is 0 Å². The van der Waals surface area contributed by atoms with E-state index >= 15 is 0 Å². The summed E-state index contributed by atoms with van der Waals surface area (Å²) in [7, 11) is 0. The molecule has 1 aromatic heterocycles. The van der Waals surface area contributed by atoms with Gasteiger partial charge in [0.25, 0.3) is 0 Å². The maximum absolute atomic E-state index is 13.9. The molecule has 0 bridgehead atoms. The summed E-state index contributed by atoms with van der Waals surface area (Å²) >= 11 is 0. The predicted octanol–water partition coefficient (Wildman–Crippen LogP) is 2.46. The summed E-state index contributed by atoms with van der Waals surface area (Å²) in [6.45, 7) is 4.28.